The molecule has 1 heterocycles. The van der Waals surface area contributed by atoms with Crippen molar-refractivity contribution in [1.82, 2.24) is 0 Å². The van der Waals surface area contributed by atoms with Gasteiger partial charge in [0.1, 0.15) is 0 Å². The number of aliphatic carboxylic acids is 1. The van der Waals surface area contributed by atoms with Gasteiger partial charge in [0.2, 0.25) is 5.76 Å². The zero-order chi connectivity index (χ0) is 6.85. The highest BCUT2D eigenvalue weighted by molar-refractivity contribution is 5.84. The number of ether oxygens (including phenoxy) is 1. The fourth-order valence-electron chi connectivity index (χ4n) is 0.474. The lowest BCUT2D eigenvalue weighted by atomic mass is 10.4. The molecule has 0 amide bonds. The predicted octanol–water partition coefficient (Wildman–Crippen LogP) is 0.375. The third kappa shape index (κ3) is 0.804. The van der Waals surface area contributed by atoms with E-state index in [2.05, 4.69) is 4.74 Å². The summed E-state index contributed by atoms with van der Waals surface area (Å²) in [6.45, 7) is 0.168. The summed E-state index contributed by atoms with van der Waals surface area (Å²) < 4.78 is 11.6. The molecule has 44 valence electrons. The van der Waals surface area contributed by atoms with Crippen LogP contribution in [0, 0.1) is 0 Å². The summed E-state index contributed by atoms with van der Waals surface area (Å²) in [6, 6.07) is 0. The van der Waals surface area contributed by atoms with Crippen molar-refractivity contribution in [3.63, 3.8) is 0 Å². The maximum atomic E-state index is 10.1. The van der Waals surface area contributed by atoms with E-state index >= 15 is 0 Å². The van der Waals surface area contributed by atoms with Crippen molar-refractivity contribution in [2.24, 2.45) is 0 Å². The third-order valence-electron chi connectivity index (χ3n) is 0.815. The van der Waals surface area contributed by atoms with Crippen LogP contribution in [0.5, 0.6) is 0 Å². The third-order valence-corrected chi connectivity index (χ3v) is 0.815. The SMILES string of the molecule is [2H]C1C=C(C(=O)O)OC1. The van der Waals surface area contributed by atoms with E-state index in [0.29, 0.717) is 0 Å². The first-order valence-electron chi connectivity index (χ1n) is 2.78. The Morgan fingerprint density at radius 3 is 3.12 bits per heavy atom. The molecule has 0 aromatic heterocycles. The van der Waals surface area contributed by atoms with Crippen LogP contribution in [-0.2, 0) is 9.53 Å². The molecule has 0 spiro atoms. The predicted molar refractivity (Wildman–Crippen MR) is 26.3 cm³/mol. The first-order valence-corrected chi connectivity index (χ1v) is 2.20. The summed E-state index contributed by atoms with van der Waals surface area (Å²) in [5, 5.41) is 8.25. The molecule has 1 unspecified atom stereocenters. The molecule has 0 fully saturated rings. The smallest absolute Gasteiger partial charge is 0.370 e. The second-order valence-electron chi connectivity index (χ2n) is 1.38. The molecule has 0 radical (unpaired) electrons. The van der Waals surface area contributed by atoms with E-state index in [-0.39, 0.29) is 12.4 Å². The molecular formula is C5H6O3. The largest absolute Gasteiger partial charge is 0.486 e. The zero-order valence-electron chi connectivity index (χ0n) is 5.13. The van der Waals surface area contributed by atoms with E-state index in [0.717, 1.165) is 0 Å². The van der Waals surface area contributed by atoms with E-state index in [1.807, 2.05) is 0 Å². The van der Waals surface area contributed by atoms with Gasteiger partial charge in [0.15, 0.2) is 0 Å². The fourth-order valence-corrected chi connectivity index (χ4v) is 0.474. The molecule has 0 aliphatic carbocycles. The van der Waals surface area contributed by atoms with E-state index in [1.54, 1.807) is 0 Å². The van der Waals surface area contributed by atoms with Crippen molar-refractivity contribution in [3.8, 4) is 0 Å². The lowest BCUT2D eigenvalue weighted by Crippen LogP contribution is -1.99. The van der Waals surface area contributed by atoms with Crippen molar-refractivity contribution in [2.45, 2.75) is 6.40 Å². The molecule has 3 nitrogen and oxygen atoms in total. The average Bonchev–Trinajstić information content (AvgIpc) is 2.14. The molecular weight excluding hydrogens is 108 g/mol. The van der Waals surface area contributed by atoms with Crippen molar-refractivity contribution in [2.75, 3.05) is 6.61 Å². The highest BCUT2D eigenvalue weighted by atomic mass is 16.5. The highest BCUT2D eigenvalue weighted by Gasteiger charge is 2.11. The number of hydrogen-bond donors (Lipinski definition) is 1. The van der Waals surface area contributed by atoms with Gasteiger partial charge in [-0.05, 0) is 6.08 Å². The number of hydrogen-bond acceptors (Lipinski definition) is 2. The number of rotatable bonds is 1. The summed E-state index contributed by atoms with van der Waals surface area (Å²) in [5.74, 6) is -1.19. The Morgan fingerprint density at radius 2 is 2.88 bits per heavy atom. The van der Waals surface area contributed by atoms with Gasteiger partial charge in [0.05, 0.1) is 6.61 Å². The summed E-state index contributed by atoms with van der Waals surface area (Å²) in [5.41, 5.74) is 0. The quantitative estimate of drug-likeness (QED) is 0.537. The Kier molecular flexibility index (Phi) is 0.917. The summed E-state index contributed by atoms with van der Waals surface area (Å²) in [4.78, 5) is 10.1. The molecule has 1 rings (SSSR count). The summed E-state index contributed by atoms with van der Waals surface area (Å²) in [6.07, 6.45) is 0.776. The van der Waals surface area contributed by atoms with Crippen molar-refractivity contribution in [3.05, 3.63) is 11.8 Å². The van der Waals surface area contributed by atoms with E-state index in [1.165, 1.54) is 6.08 Å². The van der Waals surface area contributed by atoms with Crippen LogP contribution in [0.3, 0.4) is 0 Å². The first-order chi connectivity index (χ1) is 4.20. The van der Waals surface area contributed by atoms with Crippen molar-refractivity contribution < 1.29 is 16.0 Å². The molecule has 0 bridgehead atoms. The minimum Gasteiger partial charge on any atom is -0.486 e. The maximum absolute atomic E-state index is 10.1. The highest BCUT2D eigenvalue weighted by Crippen LogP contribution is 2.07. The standard InChI is InChI=1S/C5H6O3/c6-5(7)4-2-1-3-8-4/h2H,1,3H2,(H,6,7)/i1D. The minimum atomic E-state index is -1.09. The molecule has 1 atom stereocenters. The Labute approximate surface area is 48.0 Å². The van der Waals surface area contributed by atoms with Gasteiger partial charge in [0.25, 0.3) is 0 Å². The molecule has 1 aliphatic rings. The van der Waals surface area contributed by atoms with E-state index in [9.17, 15) is 4.79 Å². The average molecular weight is 115 g/mol. The van der Waals surface area contributed by atoms with Crippen LogP contribution in [0.15, 0.2) is 11.8 Å². The lowest BCUT2D eigenvalue weighted by molar-refractivity contribution is -0.136. The van der Waals surface area contributed by atoms with Gasteiger partial charge in [0, 0.05) is 7.77 Å². The van der Waals surface area contributed by atoms with Gasteiger partial charge in [-0.1, -0.05) is 0 Å². The molecule has 3 heteroatoms. The van der Waals surface area contributed by atoms with Gasteiger partial charge in [-0.2, -0.15) is 0 Å². The lowest BCUT2D eigenvalue weighted by Gasteiger charge is -1.92. The second-order valence-corrected chi connectivity index (χ2v) is 1.38. The van der Waals surface area contributed by atoms with Gasteiger partial charge in [-0.15, -0.1) is 0 Å². The molecule has 8 heavy (non-hydrogen) atoms. The normalized spacial score (nSPS) is 28.2. The van der Waals surface area contributed by atoms with Crippen LogP contribution in [0.4, 0.5) is 0 Å². The van der Waals surface area contributed by atoms with Crippen LogP contribution < -0.4 is 0 Å². The maximum Gasteiger partial charge on any atom is 0.370 e. The molecule has 0 aromatic rings. The van der Waals surface area contributed by atoms with Gasteiger partial charge in [-0.3, -0.25) is 0 Å². The van der Waals surface area contributed by atoms with Gasteiger partial charge < -0.3 is 9.84 Å². The second kappa shape index (κ2) is 1.86. The molecule has 0 saturated carbocycles. The Morgan fingerprint density at radius 1 is 2.12 bits per heavy atom. The zero-order valence-corrected chi connectivity index (χ0v) is 4.13. The fraction of sp³-hybridized carbons (Fsp3) is 0.400. The van der Waals surface area contributed by atoms with Crippen molar-refractivity contribution >= 4 is 5.97 Å². The summed E-state index contributed by atoms with van der Waals surface area (Å²) >= 11 is 0. The van der Waals surface area contributed by atoms with E-state index in [4.69, 9.17) is 6.48 Å². The van der Waals surface area contributed by atoms with E-state index < -0.39 is 12.4 Å². The van der Waals surface area contributed by atoms with Gasteiger partial charge >= 0.3 is 5.97 Å². The number of carboxylic acid groups (broad SMARTS) is 1. The Bertz CT molecular complexity index is 164. The molecule has 0 aromatic carbocycles. The van der Waals surface area contributed by atoms with Crippen molar-refractivity contribution in [1.29, 1.82) is 0 Å². The Balaban J connectivity index is 2.62. The number of carbonyl (C=O) groups is 1. The Hall–Kier alpha value is -0.990. The van der Waals surface area contributed by atoms with Crippen LogP contribution in [0.2, 0.25) is 0 Å². The van der Waals surface area contributed by atoms with Crippen LogP contribution in [-0.4, -0.2) is 17.7 Å². The molecule has 0 saturated heterocycles. The summed E-state index contributed by atoms with van der Waals surface area (Å²) in [7, 11) is 0. The first kappa shape index (κ1) is 3.95. The topological polar surface area (TPSA) is 46.5 Å². The van der Waals surface area contributed by atoms with Gasteiger partial charge in [-0.25, -0.2) is 4.79 Å². The number of carboxylic acids is 1. The minimum absolute atomic E-state index is 0.102. The van der Waals surface area contributed by atoms with Crippen LogP contribution >= 0.6 is 0 Å². The van der Waals surface area contributed by atoms with Crippen LogP contribution in [0.1, 0.15) is 7.77 Å². The van der Waals surface area contributed by atoms with Crippen LogP contribution in [0.25, 0.3) is 0 Å². The molecule has 1 N–H and O–H groups in total. The monoisotopic (exact) mass is 115 g/mol. The molecule has 1 aliphatic heterocycles.